The highest BCUT2D eigenvalue weighted by Gasteiger charge is 2.21. The number of benzene rings is 8. The number of aromatic nitrogens is 6. The molecule has 6 nitrogen and oxygen atoms in total. The highest BCUT2D eigenvalue weighted by Crippen LogP contribution is 2.40. The maximum Gasteiger partial charge on any atom is 0.240 e. The molecular formula is C51H30N6. The first-order valence-corrected chi connectivity index (χ1v) is 19.3. The number of nitrogens with zero attached hydrogens (tertiary/aromatic N) is 6. The van der Waals surface area contributed by atoms with Gasteiger partial charge in [0, 0.05) is 48.7 Å². The van der Waals surface area contributed by atoms with Crippen molar-refractivity contribution in [2.45, 2.75) is 0 Å². The Morgan fingerprint density at radius 3 is 1.18 bits per heavy atom. The Kier molecular flexibility index (Phi) is 6.07. The van der Waals surface area contributed by atoms with Gasteiger partial charge >= 0.3 is 0 Å². The first-order valence-electron chi connectivity index (χ1n) is 19.3. The zero-order chi connectivity index (χ0) is 37.2. The van der Waals surface area contributed by atoms with Crippen molar-refractivity contribution >= 4 is 81.7 Å². The molecule has 0 fully saturated rings. The minimum Gasteiger partial charge on any atom is -0.308 e. The maximum atomic E-state index is 5.29. The number of hydrogen-bond acceptors (Lipinski definition) is 3. The predicted octanol–water partition coefficient (Wildman–Crippen LogP) is 12.5. The Balaban J connectivity index is 1.01. The largest absolute Gasteiger partial charge is 0.308 e. The molecule has 13 aromatic rings. The summed E-state index contributed by atoms with van der Waals surface area (Å²) in [5.74, 6) is 1.75. The van der Waals surface area contributed by atoms with Gasteiger partial charge in [0.1, 0.15) is 0 Å². The quantitative estimate of drug-likeness (QED) is 0.181. The lowest BCUT2D eigenvalue weighted by Gasteiger charge is -2.13. The molecular weight excluding hydrogens is 697 g/mol. The highest BCUT2D eigenvalue weighted by atomic mass is 15.3. The smallest absolute Gasteiger partial charge is 0.240 e. The average Bonchev–Trinajstić information content (AvgIpc) is 4.01. The van der Waals surface area contributed by atoms with Gasteiger partial charge in [-0.05, 0) is 47.5 Å². The molecule has 0 aliphatic heterocycles. The van der Waals surface area contributed by atoms with Crippen LogP contribution in [-0.4, -0.2) is 28.5 Å². The Hall–Kier alpha value is -7.83. The van der Waals surface area contributed by atoms with Crippen LogP contribution in [0.3, 0.4) is 0 Å². The van der Waals surface area contributed by atoms with Crippen LogP contribution in [0.25, 0.3) is 116 Å². The van der Waals surface area contributed by atoms with Crippen molar-refractivity contribution in [3.05, 3.63) is 182 Å². The molecule has 0 amide bonds. The van der Waals surface area contributed by atoms with Crippen molar-refractivity contribution in [2.75, 3.05) is 0 Å². The lowest BCUT2D eigenvalue weighted by molar-refractivity contribution is 0.893. The number of rotatable bonds is 4. The molecule has 0 radical (unpaired) electrons. The van der Waals surface area contributed by atoms with Gasteiger partial charge in [0.15, 0.2) is 5.82 Å². The van der Waals surface area contributed by atoms with Gasteiger partial charge in [0.25, 0.3) is 0 Å². The fourth-order valence-corrected chi connectivity index (χ4v) is 9.38. The van der Waals surface area contributed by atoms with Gasteiger partial charge in [0.05, 0.1) is 38.6 Å². The second kappa shape index (κ2) is 11.4. The molecule has 0 bridgehead atoms. The van der Waals surface area contributed by atoms with E-state index in [1.54, 1.807) is 0 Å². The number of para-hydroxylation sites is 6. The summed E-state index contributed by atoms with van der Waals surface area (Å²) in [5.41, 5.74) is 11.1. The molecule has 57 heavy (non-hydrogen) atoms. The van der Waals surface area contributed by atoms with E-state index in [9.17, 15) is 0 Å². The van der Waals surface area contributed by atoms with Gasteiger partial charge in [-0.3, -0.25) is 9.13 Å². The summed E-state index contributed by atoms with van der Waals surface area (Å²) in [7, 11) is 0. The molecule has 8 aromatic carbocycles. The van der Waals surface area contributed by atoms with E-state index < -0.39 is 0 Å². The van der Waals surface area contributed by atoms with Gasteiger partial charge in [0.2, 0.25) is 11.9 Å². The Morgan fingerprint density at radius 1 is 0.281 bits per heavy atom. The maximum absolute atomic E-state index is 5.29. The van der Waals surface area contributed by atoms with E-state index in [-0.39, 0.29) is 0 Å². The van der Waals surface area contributed by atoms with Gasteiger partial charge in [-0.2, -0.15) is 15.0 Å². The Morgan fingerprint density at radius 2 is 0.667 bits per heavy atom. The molecule has 13 rings (SSSR count). The lowest BCUT2D eigenvalue weighted by atomic mass is 10.0. The standard InChI is InChI=1S/C51H30N6/c1-7-20-43-34(12-1)35-13-2-8-21-44(35)56(43)50-52-49(53-51(54-50)57-45-22-9-3-14-36(45)37-15-4-10-23-46(37)57)32-26-24-31(25-27-32)33-28-29-39-41-18-11-17-40-38-16-5-6-19-42(38)55(48(40)41)47(39)30-33/h1-30H. The van der Waals surface area contributed by atoms with E-state index in [1.807, 2.05) is 0 Å². The third-order valence-corrected chi connectivity index (χ3v) is 11.9. The van der Waals surface area contributed by atoms with Crippen LogP contribution < -0.4 is 0 Å². The Bertz CT molecular complexity index is 3520. The first kappa shape index (κ1) is 30.5. The van der Waals surface area contributed by atoms with Gasteiger partial charge < -0.3 is 4.40 Å². The molecule has 0 unspecified atom stereocenters. The minimum absolute atomic E-state index is 0.571. The van der Waals surface area contributed by atoms with Gasteiger partial charge in [-0.1, -0.05) is 146 Å². The fraction of sp³-hybridized carbons (Fsp3) is 0. The summed E-state index contributed by atoms with van der Waals surface area (Å²) in [4.78, 5) is 15.8. The molecule has 0 aliphatic rings. The molecule has 0 N–H and O–H groups in total. The second-order valence-corrected chi connectivity index (χ2v) is 14.9. The average molecular weight is 727 g/mol. The summed E-state index contributed by atoms with van der Waals surface area (Å²) in [6.07, 6.45) is 0. The number of fused-ring (bicyclic) bond motifs is 12. The summed E-state index contributed by atoms with van der Waals surface area (Å²) in [6, 6.07) is 64.8. The molecule has 0 atom stereocenters. The van der Waals surface area contributed by atoms with Crippen LogP contribution in [-0.2, 0) is 0 Å². The fourth-order valence-electron chi connectivity index (χ4n) is 9.38. The molecule has 0 saturated carbocycles. The zero-order valence-electron chi connectivity index (χ0n) is 30.5. The molecule has 0 saturated heterocycles. The molecule has 0 spiro atoms. The summed E-state index contributed by atoms with van der Waals surface area (Å²) >= 11 is 0. The van der Waals surface area contributed by atoms with Gasteiger partial charge in [-0.15, -0.1) is 0 Å². The normalized spacial score (nSPS) is 12.2. The topological polar surface area (TPSA) is 52.9 Å². The summed E-state index contributed by atoms with van der Waals surface area (Å²) < 4.78 is 6.78. The van der Waals surface area contributed by atoms with E-state index in [4.69, 9.17) is 15.0 Å². The minimum atomic E-state index is 0.571. The molecule has 264 valence electrons. The molecule has 6 heteroatoms. The van der Waals surface area contributed by atoms with E-state index in [2.05, 4.69) is 196 Å². The lowest BCUT2D eigenvalue weighted by Crippen LogP contribution is -2.10. The second-order valence-electron chi connectivity index (χ2n) is 14.9. The predicted molar refractivity (Wildman–Crippen MR) is 234 cm³/mol. The van der Waals surface area contributed by atoms with Crippen LogP contribution >= 0.6 is 0 Å². The van der Waals surface area contributed by atoms with Crippen LogP contribution in [0.15, 0.2) is 182 Å². The van der Waals surface area contributed by atoms with Gasteiger partial charge in [-0.25, -0.2) is 0 Å². The third-order valence-electron chi connectivity index (χ3n) is 11.9. The molecule has 0 aliphatic carbocycles. The van der Waals surface area contributed by atoms with Crippen molar-refractivity contribution in [3.8, 4) is 34.4 Å². The number of hydrogen-bond donors (Lipinski definition) is 0. The van der Waals surface area contributed by atoms with Crippen molar-refractivity contribution in [1.29, 1.82) is 0 Å². The van der Waals surface area contributed by atoms with E-state index in [1.165, 1.54) is 38.1 Å². The van der Waals surface area contributed by atoms with Crippen molar-refractivity contribution in [1.82, 2.24) is 28.5 Å². The molecule has 5 heterocycles. The third kappa shape index (κ3) is 4.21. The highest BCUT2D eigenvalue weighted by molar-refractivity contribution is 6.23. The van der Waals surface area contributed by atoms with Crippen LogP contribution in [0.4, 0.5) is 0 Å². The van der Waals surface area contributed by atoms with Crippen LogP contribution in [0.1, 0.15) is 0 Å². The first-order chi connectivity index (χ1) is 28.3. The van der Waals surface area contributed by atoms with E-state index in [0.29, 0.717) is 17.7 Å². The monoisotopic (exact) mass is 726 g/mol. The summed E-state index contributed by atoms with van der Waals surface area (Å²) in [5, 5.41) is 9.76. The van der Waals surface area contributed by atoms with Crippen molar-refractivity contribution in [3.63, 3.8) is 0 Å². The Labute approximate surface area is 325 Å². The van der Waals surface area contributed by atoms with E-state index in [0.717, 1.165) is 60.3 Å². The van der Waals surface area contributed by atoms with Crippen LogP contribution in [0, 0.1) is 0 Å². The van der Waals surface area contributed by atoms with E-state index >= 15 is 0 Å². The SMILES string of the molecule is c1ccc2c(c1)c1ccccc1n2-c1nc(-c2ccc(-c3ccc4c5cccc6c7ccccc7n(c4c3)c65)cc2)nc(-n2c3ccccc3c3ccccc32)n1. The zero-order valence-corrected chi connectivity index (χ0v) is 30.5. The van der Waals surface area contributed by atoms with Crippen molar-refractivity contribution < 1.29 is 0 Å². The van der Waals surface area contributed by atoms with Crippen LogP contribution in [0.2, 0.25) is 0 Å². The van der Waals surface area contributed by atoms with Crippen LogP contribution in [0.5, 0.6) is 0 Å². The van der Waals surface area contributed by atoms with Crippen molar-refractivity contribution in [2.24, 2.45) is 0 Å². The summed E-state index contributed by atoms with van der Waals surface area (Å²) in [6.45, 7) is 0. The molecule has 5 aromatic heterocycles.